The Kier molecular flexibility index (Phi) is 8.72. The van der Waals surface area contributed by atoms with Crippen molar-refractivity contribution in [1.29, 1.82) is 0 Å². The first-order valence-electron chi connectivity index (χ1n) is 7.83. The molecule has 0 bridgehead atoms. The van der Waals surface area contributed by atoms with Crippen LogP contribution < -0.4 is 4.74 Å². The lowest BCUT2D eigenvalue weighted by atomic mass is 10.1. The Hall–Kier alpha value is -0.730. The molecule has 1 saturated heterocycles. The molecule has 114 valence electrons. The standard InChI is InChI=1S/C17H27NO.ClH/c1-2-9-16-10-5-6-11-17(16)19-15-14-18-12-7-3-4-8-13-18;/h5-6,10-11H,2-4,7-9,12-15H2,1H3;1H. The van der Waals surface area contributed by atoms with Crippen molar-refractivity contribution in [2.24, 2.45) is 0 Å². The normalized spacial score (nSPS) is 16.2. The summed E-state index contributed by atoms with van der Waals surface area (Å²) in [7, 11) is 0. The van der Waals surface area contributed by atoms with Gasteiger partial charge in [-0.2, -0.15) is 0 Å². The first kappa shape index (κ1) is 17.3. The molecule has 0 atom stereocenters. The molecule has 1 aromatic carbocycles. The number of halogens is 1. The van der Waals surface area contributed by atoms with E-state index in [2.05, 4.69) is 36.1 Å². The van der Waals surface area contributed by atoms with Gasteiger partial charge < -0.3 is 4.74 Å². The summed E-state index contributed by atoms with van der Waals surface area (Å²) in [6.07, 6.45) is 7.79. The number of hydrogen-bond donors (Lipinski definition) is 0. The Morgan fingerprint density at radius 3 is 2.45 bits per heavy atom. The van der Waals surface area contributed by atoms with Crippen LogP contribution in [0, 0.1) is 0 Å². The van der Waals surface area contributed by atoms with E-state index in [9.17, 15) is 0 Å². The number of likely N-dealkylation sites (tertiary alicyclic amines) is 1. The molecule has 1 fully saturated rings. The molecule has 2 nitrogen and oxygen atoms in total. The summed E-state index contributed by atoms with van der Waals surface area (Å²) in [4.78, 5) is 2.55. The first-order chi connectivity index (χ1) is 9.40. The maximum absolute atomic E-state index is 5.99. The Bertz CT molecular complexity index is 362. The number of hydrogen-bond acceptors (Lipinski definition) is 2. The molecule has 0 spiro atoms. The third kappa shape index (κ3) is 5.72. The molecule has 2 rings (SSSR count). The summed E-state index contributed by atoms with van der Waals surface area (Å²) in [6.45, 7) is 6.61. The van der Waals surface area contributed by atoms with Gasteiger partial charge in [-0.15, -0.1) is 12.4 Å². The molecule has 0 aromatic heterocycles. The van der Waals surface area contributed by atoms with E-state index < -0.39 is 0 Å². The van der Waals surface area contributed by atoms with E-state index in [4.69, 9.17) is 4.74 Å². The van der Waals surface area contributed by atoms with Gasteiger partial charge >= 0.3 is 0 Å². The van der Waals surface area contributed by atoms with Gasteiger partial charge in [0.15, 0.2) is 0 Å². The second-order valence-electron chi connectivity index (χ2n) is 5.46. The SMILES string of the molecule is CCCc1ccccc1OCCN1CCCCCC1.Cl. The lowest BCUT2D eigenvalue weighted by Gasteiger charge is -2.20. The summed E-state index contributed by atoms with van der Waals surface area (Å²) in [5.41, 5.74) is 1.35. The van der Waals surface area contributed by atoms with E-state index in [-0.39, 0.29) is 12.4 Å². The highest BCUT2D eigenvalue weighted by molar-refractivity contribution is 5.85. The number of para-hydroxylation sites is 1. The number of ether oxygens (including phenoxy) is 1. The molecule has 0 N–H and O–H groups in total. The van der Waals surface area contributed by atoms with Gasteiger partial charge in [0.1, 0.15) is 12.4 Å². The lowest BCUT2D eigenvalue weighted by molar-refractivity contribution is 0.213. The minimum Gasteiger partial charge on any atom is -0.492 e. The number of aryl methyl sites for hydroxylation is 1. The zero-order chi connectivity index (χ0) is 13.3. The first-order valence-corrected chi connectivity index (χ1v) is 7.83. The summed E-state index contributed by atoms with van der Waals surface area (Å²) >= 11 is 0. The van der Waals surface area contributed by atoms with Gasteiger partial charge in [-0.05, 0) is 44.0 Å². The fraction of sp³-hybridized carbons (Fsp3) is 0.647. The second-order valence-corrected chi connectivity index (χ2v) is 5.46. The predicted octanol–water partition coefficient (Wildman–Crippen LogP) is 4.32. The van der Waals surface area contributed by atoms with Gasteiger partial charge in [0.05, 0.1) is 0 Å². The van der Waals surface area contributed by atoms with Crippen LogP contribution in [0.25, 0.3) is 0 Å². The van der Waals surface area contributed by atoms with Crippen molar-refractivity contribution < 1.29 is 4.74 Å². The Morgan fingerprint density at radius 1 is 1.05 bits per heavy atom. The summed E-state index contributed by atoms with van der Waals surface area (Å²) < 4.78 is 5.99. The molecule has 0 unspecified atom stereocenters. The quantitative estimate of drug-likeness (QED) is 0.775. The topological polar surface area (TPSA) is 12.5 Å². The van der Waals surface area contributed by atoms with Gasteiger partial charge in [-0.3, -0.25) is 4.90 Å². The van der Waals surface area contributed by atoms with Crippen LogP contribution in [0.2, 0.25) is 0 Å². The Labute approximate surface area is 129 Å². The van der Waals surface area contributed by atoms with E-state index in [0.29, 0.717) is 0 Å². The molecular weight excluding hydrogens is 270 g/mol. The van der Waals surface area contributed by atoms with Crippen molar-refractivity contribution in [3.8, 4) is 5.75 Å². The maximum Gasteiger partial charge on any atom is 0.122 e. The van der Waals surface area contributed by atoms with Crippen LogP contribution >= 0.6 is 12.4 Å². The molecular formula is C17H28ClNO. The van der Waals surface area contributed by atoms with E-state index in [1.165, 1.54) is 50.8 Å². The smallest absolute Gasteiger partial charge is 0.122 e. The van der Waals surface area contributed by atoms with Crippen LogP contribution in [0.1, 0.15) is 44.6 Å². The van der Waals surface area contributed by atoms with Gasteiger partial charge in [-0.25, -0.2) is 0 Å². The molecule has 1 aromatic rings. The van der Waals surface area contributed by atoms with Crippen molar-refractivity contribution in [3.05, 3.63) is 29.8 Å². The van der Waals surface area contributed by atoms with E-state index in [1.807, 2.05) is 0 Å². The highest BCUT2D eigenvalue weighted by atomic mass is 35.5. The molecule has 0 radical (unpaired) electrons. The summed E-state index contributed by atoms with van der Waals surface area (Å²) in [5.74, 6) is 1.08. The van der Waals surface area contributed by atoms with Crippen LogP contribution in [0.3, 0.4) is 0 Å². The van der Waals surface area contributed by atoms with E-state index >= 15 is 0 Å². The van der Waals surface area contributed by atoms with Gasteiger partial charge in [-0.1, -0.05) is 44.4 Å². The van der Waals surface area contributed by atoms with Crippen molar-refractivity contribution in [2.75, 3.05) is 26.2 Å². The third-order valence-electron chi connectivity index (χ3n) is 3.86. The highest BCUT2D eigenvalue weighted by Gasteiger charge is 2.09. The molecule has 1 heterocycles. The monoisotopic (exact) mass is 297 g/mol. The van der Waals surface area contributed by atoms with Crippen LogP contribution in [0.4, 0.5) is 0 Å². The van der Waals surface area contributed by atoms with Gasteiger partial charge in [0, 0.05) is 6.54 Å². The lowest BCUT2D eigenvalue weighted by Crippen LogP contribution is -2.29. The zero-order valence-electron chi connectivity index (χ0n) is 12.6. The third-order valence-corrected chi connectivity index (χ3v) is 3.86. The van der Waals surface area contributed by atoms with E-state index in [0.717, 1.165) is 25.3 Å². The molecule has 3 heteroatoms. The van der Waals surface area contributed by atoms with E-state index in [1.54, 1.807) is 0 Å². The maximum atomic E-state index is 5.99. The van der Waals surface area contributed by atoms with Crippen LogP contribution in [0.15, 0.2) is 24.3 Å². The van der Waals surface area contributed by atoms with Gasteiger partial charge in [0.25, 0.3) is 0 Å². The molecule has 0 aliphatic carbocycles. The second kappa shape index (κ2) is 10.1. The highest BCUT2D eigenvalue weighted by Crippen LogP contribution is 2.19. The number of benzene rings is 1. The summed E-state index contributed by atoms with van der Waals surface area (Å²) in [5, 5.41) is 0. The Balaban J connectivity index is 0.00000200. The van der Waals surface area contributed by atoms with Crippen molar-refractivity contribution >= 4 is 12.4 Å². The zero-order valence-corrected chi connectivity index (χ0v) is 13.5. The number of nitrogens with zero attached hydrogens (tertiary/aromatic N) is 1. The van der Waals surface area contributed by atoms with Gasteiger partial charge in [0.2, 0.25) is 0 Å². The van der Waals surface area contributed by atoms with Crippen molar-refractivity contribution in [3.63, 3.8) is 0 Å². The van der Waals surface area contributed by atoms with Crippen LogP contribution in [-0.4, -0.2) is 31.1 Å². The molecule has 1 aliphatic heterocycles. The molecule has 1 aliphatic rings. The predicted molar refractivity (Wildman–Crippen MR) is 88.1 cm³/mol. The molecule has 20 heavy (non-hydrogen) atoms. The Morgan fingerprint density at radius 2 is 1.75 bits per heavy atom. The van der Waals surface area contributed by atoms with Crippen LogP contribution in [0.5, 0.6) is 5.75 Å². The molecule has 0 amide bonds. The van der Waals surface area contributed by atoms with Crippen LogP contribution in [-0.2, 0) is 6.42 Å². The minimum atomic E-state index is 0. The minimum absolute atomic E-state index is 0. The molecule has 0 saturated carbocycles. The van der Waals surface area contributed by atoms with Crippen molar-refractivity contribution in [1.82, 2.24) is 4.90 Å². The fourth-order valence-corrected chi connectivity index (χ4v) is 2.76. The average Bonchev–Trinajstić information content (AvgIpc) is 2.70. The summed E-state index contributed by atoms with van der Waals surface area (Å²) in [6, 6.07) is 8.46. The van der Waals surface area contributed by atoms with Crippen molar-refractivity contribution in [2.45, 2.75) is 45.4 Å². The largest absolute Gasteiger partial charge is 0.492 e. The number of rotatable bonds is 6. The fourth-order valence-electron chi connectivity index (χ4n) is 2.76. The average molecular weight is 298 g/mol.